The number of benzene rings is 1. The van der Waals surface area contributed by atoms with Crippen LogP contribution in [0.1, 0.15) is 10.6 Å². The van der Waals surface area contributed by atoms with Crippen LogP contribution >= 0.6 is 11.3 Å². The molecule has 2 aromatic heterocycles. The Kier molecular flexibility index (Phi) is 2.83. The Balaban J connectivity index is 2.19. The fraction of sp³-hybridized carbons (Fsp3) is 0.143. The molecule has 19 heavy (non-hydrogen) atoms. The Bertz CT molecular complexity index is 730. The van der Waals surface area contributed by atoms with Crippen molar-refractivity contribution in [2.24, 2.45) is 0 Å². The number of hydrogen-bond donors (Lipinski definition) is 1. The Morgan fingerprint density at radius 1 is 1.26 bits per heavy atom. The molecule has 0 radical (unpaired) electrons. The lowest BCUT2D eigenvalue weighted by Crippen LogP contribution is -1.87. The lowest BCUT2D eigenvalue weighted by atomic mass is 10.0. The highest BCUT2D eigenvalue weighted by molar-refractivity contribution is 7.15. The minimum absolute atomic E-state index is 0.339. The summed E-state index contributed by atoms with van der Waals surface area (Å²) >= 11 is 1.58. The zero-order valence-corrected chi connectivity index (χ0v) is 11.5. The van der Waals surface area contributed by atoms with Gasteiger partial charge in [0.15, 0.2) is 0 Å². The number of aromatic nitrogens is 2. The SMILES string of the molecule is Cc1cccc(-c2c(-c3cnc(C)s3)noc2N)c1. The van der Waals surface area contributed by atoms with Crippen molar-refractivity contribution in [3.8, 4) is 21.7 Å². The summed E-state index contributed by atoms with van der Waals surface area (Å²) in [6.45, 7) is 4.01. The first-order valence-electron chi connectivity index (χ1n) is 5.90. The van der Waals surface area contributed by atoms with Gasteiger partial charge in [0.2, 0.25) is 5.88 Å². The van der Waals surface area contributed by atoms with E-state index in [4.69, 9.17) is 10.3 Å². The van der Waals surface area contributed by atoms with Gasteiger partial charge in [-0.3, -0.25) is 0 Å². The minimum atomic E-state index is 0.339. The highest BCUT2D eigenvalue weighted by atomic mass is 32.1. The molecule has 1 aromatic carbocycles. The molecule has 0 fully saturated rings. The smallest absolute Gasteiger partial charge is 0.230 e. The third kappa shape index (κ3) is 2.13. The molecule has 0 bridgehead atoms. The van der Waals surface area contributed by atoms with E-state index in [9.17, 15) is 0 Å². The minimum Gasteiger partial charge on any atom is -0.367 e. The number of nitrogens with zero attached hydrogens (tertiary/aromatic N) is 2. The Morgan fingerprint density at radius 3 is 2.79 bits per heavy atom. The van der Waals surface area contributed by atoms with Gasteiger partial charge < -0.3 is 10.3 Å². The molecule has 3 rings (SSSR count). The number of rotatable bonds is 2. The maximum Gasteiger partial charge on any atom is 0.230 e. The van der Waals surface area contributed by atoms with E-state index in [0.717, 1.165) is 26.7 Å². The first-order valence-corrected chi connectivity index (χ1v) is 6.72. The van der Waals surface area contributed by atoms with Crippen molar-refractivity contribution < 1.29 is 4.52 Å². The summed E-state index contributed by atoms with van der Waals surface area (Å²) < 4.78 is 5.16. The van der Waals surface area contributed by atoms with Gasteiger partial charge in [0.25, 0.3) is 0 Å². The van der Waals surface area contributed by atoms with Crippen LogP contribution in [0.4, 0.5) is 5.88 Å². The number of hydrogen-bond acceptors (Lipinski definition) is 5. The first kappa shape index (κ1) is 11.9. The van der Waals surface area contributed by atoms with E-state index in [-0.39, 0.29) is 0 Å². The first-order chi connectivity index (χ1) is 9.15. The Hall–Kier alpha value is -2.14. The summed E-state index contributed by atoms with van der Waals surface area (Å²) in [6, 6.07) is 8.12. The van der Waals surface area contributed by atoms with E-state index in [1.54, 1.807) is 17.5 Å². The normalized spacial score (nSPS) is 10.8. The molecule has 0 spiro atoms. The van der Waals surface area contributed by atoms with Crippen LogP contribution in [0.5, 0.6) is 0 Å². The van der Waals surface area contributed by atoms with Crippen LogP contribution in [0, 0.1) is 13.8 Å². The number of thiazole rings is 1. The second-order valence-corrected chi connectivity index (χ2v) is 5.62. The summed E-state index contributed by atoms with van der Waals surface area (Å²) in [5, 5.41) is 5.07. The quantitative estimate of drug-likeness (QED) is 0.772. The summed E-state index contributed by atoms with van der Waals surface area (Å²) in [4.78, 5) is 5.22. The monoisotopic (exact) mass is 271 g/mol. The van der Waals surface area contributed by atoms with E-state index < -0.39 is 0 Å². The molecule has 0 unspecified atom stereocenters. The van der Waals surface area contributed by atoms with Crippen LogP contribution in [0.25, 0.3) is 21.7 Å². The van der Waals surface area contributed by atoms with Crippen molar-refractivity contribution in [1.82, 2.24) is 10.1 Å². The highest BCUT2D eigenvalue weighted by Gasteiger charge is 2.19. The fourth-order valence-corrected chi connectivity index (χ4v) is 2.79. The Labute approximate surface area is 114 Å². The van der Waals surface area contributed by atoms with Crippen LogP contribution in [-0.4, -0.2) is 10.1 Å². The zero-order valence-electron chi connectivity index (χ0n) is 10.7. The van der Waals surface area contributed by atoms with Crippen LogP contribution in [0.15, 0.2) is 35.0 Å². The van der Waals surface area contributed by atoms with Gasteiger partial charge in [0.05, 0.1) is 15.4 Å². The van der Waals surface area contributed by atoms with E-state index >= 15 is 0 Å². The van der Waals surface area contributed by atoms with Crippen molar-refractivity contribution in [2.75, 3.05) is 5.73 Å². The van der Waals surface area contributed by atoms with Gasteiger partial charge >= 0.3 is 0 Å². The number of nitrogen functional groups attached to an aromatic ring is 1. The summed E-state index contributed by atoms with van der Waals surface area (Å²) in [5.74, 6) is 0.339. The highest BCUT2D eigenvalue weighted by Crippen LogP contribution is 2.38. The van der Waals surface area contributed by atoms with Crippen molar-refractivity contribution in [3.63, 3.8) is 0 Å². The molecule has 3 aromatic rings. The predicted molar refractivity (Wildman–Crippen MR) is 76.9 cm³/mol. The Morgan fingerprint density at radius 2 is 2.11 bits per heavy atom. The molecule has 0 saturated carbocycles. The van der Waals surface area contributed by atoms with Crippen molar-refractivity contribution in [3.05, 3.63) is 41.0 Å². The molecular weight excluding hydrogens is 258 g/mol. The topological polar surface area (TPSA) is 64.9 Å². The summed E-state index contributed by atoms with van der Waals surface area (Å²) in [6.07, 6.45) is 1.80. The van der Waals surface area contributed by atoms with E-state index in [2.05, 4.69) is 16.2 Å². The lowest BCUT2D eigenvalue weighted by molar-refractivity contribution is 0.439. The molecule has 0 amide bonds. The molecule has 5 heteroatoms. The maximum absolute atomic E-state index is 5.92. The van der Waals surface area contributed by atoms with Gasteiger partial charge in [0, 0.05) is 6.20 Å². The van der Waals surface area contributed by atoms with Crippen LogP contribution < -0.4 is 5.73 Å². The molecule has 0 aliphatic heterocycles. The van der Waals surface area contributed by atoms with Gasteiger partial charge in [-0.15, -0.1) is 11.3 Å². The van der Waals surface area contributed by atoms with E-state index in [1.807, 2.05) is 32.0 Å². The molecule has 0 atom stereocenters. The fourth-order valence-electron chi connectivity index (χ4n) is 2.02. The molecule has 0 aliphatic carbocycles. The summed E-state index contributed by atoms with van der Waals surface area (Å²) in [7, 11) is 0. The standard InChI is InChI=1S/C14H13N3OS/c1-8-4-3-5-10(6-8)12-13(17-18-14(12)15)11-7-16-9(2)19-11/h3-7H,15H2,1-2H3. The third-order valence-electron chi connectivity index (χ3n) is 2.88. The summed E-state index contributed by atoms with van der Waals surface area (Å²) in [5.41, 5.74) is 9.71. The van der Waals surface area contributed by atoms with E-state index in [1.165, 1.54) is 5.56 Å². The maximum atomic E-state index is 5.92. The number of aryl methyl sites for hydroxylation is 2. The molecule has 2 heterocycles. The van der Waals surface area contributed by atoms with Crippen LogP contribution in [-0.2, 0) is 0 Å². The zero-order chi connectivity index (χ0) is 13.4. The predicted octanol–water partition coefficient (Wildman–Crippen LogP) is 3.66. The number of nitrogens with two attached hydrogens (primary N) is 1. The molecular formula is C14H13N3OS. The second kappa shape index (κ2) is 4.51. The molecule has 4 nitrogen and oxygen atoms in total. The van der Waals surface area contributed by atoms with E-state index in [0.29, 0.717) is 5.88 Å². The van der Waals surface area contributed by atoms with Gasteiger partial charge in [-0.1, -0.05) is 35.0 Å². The van der Waals surface area contributed by atoms with Crippen molar-refractivity contribution >= 4 is 17.2 Å². The van der Waals surface area contributed by atoms with Crippen molar-refractivity contribution in [2.45, 2.75) is 13.8 Å². The largest absolute Gasteiger partial charge is 0.367 e. The lowest BCUT2D eigenvalue weighted by Gasteiger charge is -2.02. The number of anilines is 1. The van der Waals surface area contributed by atoms with Crippen molar-refractivity contribution in [1.29, 1.82) is 0 Å². The van der Waals surface area contributed by atoms with Crippen LogP contribution in [0.3, 0.4) is 0 Å². The third-order valence-corrected chi connectivity index (χ3v) is 3.80. The average molecular weight is 271 g/mol. The van der Waals surface area contributed by atoms with Gasteiger partial charge in [-0.25, -0.2) is 4.98 Å². The average Bonchev–Trinajstić information content (AvgIpc) is 2.95. The molecule has 2 N–H and O–H groups in total. The second-order valence-electron chi connectivity index (χ2n) is 4.38. The van der Waals surface area contributed by atoms with Crippen LogP contribution in [0.2, 0.25) is 0 Å². The van der Waals surface area contributed by atoms with Gasteiger partial charge in [-0.2, -0.15) is 0 Å². The van der Waals surface area contributed by atoms with Gasteiger partial charge in [-0.05, 0) is 19.4 Å². The molecule has 0 aliphatic rings. The molecule has 0 saturated heterocycles. The van der Waals surface area contributed by atoms with Gasteiger partial charge in [0.1, 0.15) is 5.69 Å². The molecule has 96 valence electrons.